The molecule has 33 heavy (non-hydrogen) atoms. The third-order valence-corrected chi connectivity index (χ3v) is 6.30. The van der Waals surface area contributed by atoms with Crippen molar-refractivity contribution in [2.24, 2.45) is 0 Å². The van der Waals surface area contributed by atoms with Crippen LogP contribution in [0.5, 0.6) is 0 Å². The molecule has 168 valence electrons. The summed E-state index contributed by atoms with van der Waals surface area (Å²) in [6.07, 6.45) is 1.84. The molecule has 0 radical (unpaired) electrons. The lowest BCUT2D eigenvalue weighted by Gasteiger charge is -2.10. The van der Waals surface area contributed by atoms with Crippen molar-refractivity contribution < 1.29 is 19.1 Å². The number of hydrogen-bond acceptors (Lipinski definition) is 5. The lowest BCUT2D eigenvalue weighted by Crippen LogP contribution is -2.20. The number of esters is 1. The van der Waals surface area contributed by atoms with Crippen molar-refractivity contribution in [1.82, 2.24) is 4.57 Å². The lowest BCUT2D eigenvalue weighted by atomic mass is 10.1. The third kappa shape index (κ3) is 4.80. The molecule has 8 heteroatoms. The van der Waals surface area contributed by atoms with Crippen molar-refractivity contribution in [2.75, 3.05) is 17.2 Å². The van der Waals surface area contributed by atoms with Gasteiger partial charge in [-0.25, -0.2) is 4.79 Å². The van der Waals surface area contributed by atoms with E-state index in [2.05, 4.69) is 10.6 Å². The highest BCUT2D eigenvalue weighted by molar-refractivity contribution is 7.18. The monoisotopic (exact) mass is 461 g/mol. The zero-order valence-electron chi connectivity index (χ0n) is 18.3. The van der Waals surface area contributed by atoms with Crippen LogP contribution in [0, 0.1) is 6.92 Å². The van der Waals surface area contributed by atoms with Crippen LogP contribution in [-0.2, 0) is 16.1 Å². The van der Waals surface area contributed by atoms with Crippen LogP contribution in [-0.4, -0.2) is 29.0 Å². The van der Waals surface area contributed by atoms with Crippen molar-refractivity contribution in [1.29, 1.82) is 0 Å². The second-order valence-corrected chi connectivity index (χ2v) is 8.37. The Morgan fingerprint density at radius 2 is 1.70 bits per heavy atom. The van der Waals surface area contributed by atoms with Crippen LogP contribution in [0.2, 0.25) is 0 Å². The minimum absolute atomic E-state index is 0.0684. The standard InChI is InChI=1S/C25H23N3O4S/c1-3-32-25(31)22-16(2)21(23(30)26-18-10-5-4-6-11-18)24(33-22)27-20(29)15-28-14-13-17-9-7-8-12-19(17)28/h4-14H,3,15H2,1-2H3,(H,26,30)(H,27,29). The summed E-state index contributed by atoms with van der Waals surface area (Å²) in [5.74, 6) is -1.24. The van der Waals surface area contributed by atoms with Gasteiger partial charge in [-0.15, -0.1) is 11.3 Å². The van der Waals surface area contributed by atoms with E-state index in [0.29, 0.717) is 16.3 Å². The van der Waals surface area contributed by atoms with Gasteiger partial charge in [0, 0.05) is 17.4 Å². The minimum Gasteiger partial charge on any atom is -0.462 e. The first kappa shape index (κ1) is 22.3. The van der Waals surface area contributed by atoms with Crippen molar-refractivity contribution >= 4 is 50.7 Å². The molecule has 0 spiro atoms. The highest BCUT2D eigenvalue weighted by atomic mass is 32.1. The summed E-state index contributed by atoms with van der Waals surface area (Å²) in [7, 11) is 0. The Morgan fingerprint density at radius 1 is 0.970 bits per heavy atom. The summed E-state index contributed by atoms with van der Waals surface area (Å²) in [4.78, 5) is 38.7. The number of para-hydroxylation sites is 2. The van der Waals surface area contributed by atoms with E-state index in [-0.39, 0.29) is 29.5 Å². The number of anilines is 2. The van der Waals surface area contributed by atoms with Gasteiger partial charge in [0.15, 0.2) is 0 Å². The van der Waals surface area contributed by atoms with Crippen LogP contribution in [0.1, 0.15) is 32.5 Å². The molecule has 2 aromatic heterocycles. The van der Waals surface area contributed by atoms with Gasteiger partial charge in [0.1, 0.15) is 16.4 Å². The fourth-order valence-electron chi connectivity index (χ4n) is 3.58. The maximum Gasteiger partial charge on any atom is 0.348 e. The Kier molecular flexibility index (Phi) is 6.55. The Morgan fingerprint density at radius 3 is 2.45 bits per heavy atom. The van der Waals surface area contributed by atoms with Crippen molar-refractivity contribution in [3.8, 4) is 0 Å². The van der Waals surface area contributed by atoms with Gasteiger partial charge in [0.2, 0.25) is 5.91 Å². The normalized spacial score (nSPS) is 10.7. The molecule has 0 fully saturated rings. The van der Waals surface area contributed by atoms with Crippen LogP contribution in [0.15, 0.2) is 66.9 Å². The third-order valence-electron chi connectivity index (χ3n) is 5.11. The zero-order valence-corrected chi connectivity index (χ0v) is 19.1. The number of hydrogen-bond donors (Lipinski definition) is 2. The van der Waals surface area contributed by atoms with Gasteiger partial charge in [0.25, 0.3) is 5.91 Å². The summed E-state index contributed by atoms with van der Waals surface area (Å²) < 4.78 is 6.97. The van der Waals surface area contributed by atoms with E-state index in [1.807, 2.05) is 59.3 Å². The molecular weight excluding hydrogens is 438 g/mol. The first-order valence-corrected chi connectivity index (χ1v) is 11.3. The molecule has 4 aromatic rings. The number of carbonyl (C=O) groups excluding carboxylic acids is 3. The van der Waals surface area contributed by atoms with Crippen molar-refractivity contribution in [2.45, 2.75) is 20.4 Å². The lowest BCUT2D eigenvalue weighted by molar-refractivity contribution is -0.116. The molecule has 0 aliphatic rings. The summed E-state index contributed by atoms with van der Waals surface area (Å²) in [6.45, 7) is 3.68. The van der Waals surface area contributed by atoms with Crippen molar-refractivity contribution in [3.05, 3.63) is 82.9 Å². The van der Waals surface area contributed by atoms with E-state index in [0.717, 1.165) is 22.2 Å². The molecule has 0 unspecified atom stereocenters. The molecule has 2 aromatic carbocycles. The highest BCUT2D eigenvalue weighted by Gasteiger charge is 2.26. The van der Waals surface area contributed by atoms with Gasteiger partial charge >= 0.3 is 5.97 Å². The Labute approximate surface area is 195 Å². The van der Waals surface area contributed by atoms with E-state index in [9.17, 15) is 14.4 Å². The topological polar surface area (TPSA) is 89.4 Å². The number of thiophene rings is 1. The average Bonchev–Trinajstić information content (AvgIpc) is 3.35. The van der Waals surface area contributed by atoms with Gasteiger partial charge in [-0.05, 0) is 49.1 Å². The quantitative estimate of drug-likeness (QED) is 0.376. The number of aromatic nitrogens is 1. The average molecular weight is 462 g/mol. The summed E-state index contributed by atoms with van der Waals surface area (Å²) in [6, 6.07) is 18.7. The molecule has 2 amide bonds. The Bertz CT molecular complexity index is 1320. The van der Waals surface area contributed by atoms with Crippen LogP contribution in [0.3, 0.4) is 0 Å². The molecule has 0 aliphatic carbocycles. The predicted molar refractivity (Wildman–Crippen MR) is 130 cm³/mol. The van der Waals surface area contributed by atoms with Crippen LogP contribution < -0.4 is 10.6 Å². The largest absolute Gasteiger partial charge is 0.462 e. The number of fused-ring (bicyclic) bond motifs is 1. The molecule has 0 aliphatic heterocycles. The molecule has 2 heterocycles. The number of nitrogens with zero attached hydrogens (tertiary/aromatic N) is 1. The molecule has 0 bridgehead atoms. The second-order valence-electron chi connectivity index (χ2n) is 7.35. The number of amides is 2. The summed E-state index contributed by atoms with van der Waals surface area (Å²) in [5, 5.41) is 7.00. The number of nitrogens with one attached hydrogen (secondary N) is 2. The maximum absolute atomic E-state index is 13.1. The van der Waals surface area contributed by atoms with E-state index in [1.54, 1.807) is 26.0 Å². The van der Waals surface area contributed by atoms with Gasteiger partial charge < -0.3 is 19.9 Å². The molecule has 0 saturated carbocycles. The zero-order chi connectivity index (χ0) is 23.4. The van der Waals surface area contributed by atoms with Gasteiger partial charge in [-0.1, -0.05) is 36.4 Å². The fourth-order valence-corrected chi connectivity index (χ4v) is 4.69. The molecular formula is C25H23N3O4S. The minimum atomic E-state index is -0.523. The number of ether oxygens (including phenoxy) is 1. The van der Waals surface area contributed by atoms with Crippen molar-refractivity contribution in [3.63, 3.8) is 0 Å². The number of rotatable bonds is 7. The summed E-state index contributed by atoms with van der Waals surface area (Å²) >= 11 is 1.04. The van der Waals surface area contributed by atoms with E-state index < -0.39 is 11.9 Å². The predicted octanol–water partition coefficient (Wildman–Crippen LogP) is 5.08. The second kappa shape index (κ2) is 9.70. The molecule has 7 nitrogen and oxygen atoms in total. The first-order valence-electron chi connectivity index (χ1n) is 10.5. The molecule has 2 N–H and O–H groups in total. The van der Waals surface area contributed by atoms with Crippen LogP contribution in [0.25, 0.3) is 10.9 Å². The van der Waals surface area contributed by atoms with Crippen LogP contribution >= 0.6 is 11.3 Å². The van der Waals surface area contributed by atoms with Gasteiger partial charge in [-0.3, -0.25) is 9.59 Å². The van der Waals surface area contributed by atoms with Gasteiger partial charge in [0.05, 0.1) is 12.2 Å². The molecule has 0 saturated heterocycles. The van der Waals surface area contributed by atoms with E-state index >= 15 is 0 Å². The highest BCUT2D eigenvalue weighted by Crippen LogP contribution is 2.34. The molecule has 0 atom stereocenters. The molecule has 4 rings (SSSR count). The fraction of sp³-hybridized carbons (Fsp3) is 0.160. The van der Waals surface area contributed by atoms with Crippen LogP contribution in [0.4, 0.5) is 10.7 Å². The Hall–Kier alpha value is -3.91. The summed E-state index contributed by atoms with van der Waals surface area (Å²) in [5.41, 5.74) is 2.26. The smallest absolute Gasteiger partial charge is 0.348 e. The maximum atomic E-state index is 13.1. The SMILES string of the molecule is CCOC(=O)c1sc(NC(=O)Cn2ccc3ccccc32)c(C(=O)Nc2ccccc2)c1C. The van der Waals surface area contributed by atoms with Gasteiger partial charge in [-0.2, -0.15) is 0 Å². The Balaban J connectivity index is 1.62. The van der Waals surface area contributed by atoms with E-state index in [1.165, 1.54) is 0 Å². The number of benzene rings is 2. The number of carbonyl (C=O) groups is 3. The van der Waals surface area contributed by atoms with E-state index in [4.69, 9.17) is 4.74 Å². The first-order chi connectivity index (χ1) is 16.0.